The Kier molecular flexibility index (Phi) is 14.1. The summed E-state index contributed by atoms with van der Waals surface area (Å²) in [5, 5.41) is 0. The van der Waals surface area contributed by atoms with E-state index in [2.05, 4.69) is 0 Å². The van der Waals surface area contributed by atoms with Crippen molar-refractivity contribution in [3.63, 3.8) is 0 Å². The van der Waals surface area contributed by atoms with E-state index in [-0.39, 0.29) is 35.6 Å². The van der Waals surface area contributed by atoms with Gasteiger partial charge in [-0.25, -0.2) is 0 Å². The zero-order valence-electron chi connectivity index (χ0n) is 29.1. The van der Waals surface area contributed by atoms with Crippen LogP contribution in [-0.2, 0) is 28.9 Å². The van der Waals surface area contributed by atoms with Gasteiger partial charge in [-0.05, 0) is 83.1 Å². The lowest BCUT2D eigenvalue weighted by Gasteiger charge is -2.23. The fourth-order valence-electron chi connectivity index (χ4n) is 5.80. The smallest absolute Gasteiger partial charge is 0.241 e. The largest absolute Gasteiger partial charge is 0.493 e. The monoisotopic (exact) mass is 678 g/mol. The number of nitrogens with two attached hydrogens (primary N) is 2. The second-order valence-electron chi connectivity index (χ2n) is 12.3. The fraction of sp³-hybridized carbons (Fsp3) is 0.500. The topological polar surface area (TPSA) is 163 Å². The van der Waals surface area contributed by atoms with E-state index >= 15 is 0 Å². The standard InChI is InChI=1S/C38H50N2O9/c1-5-11-29-32(17-15-27(24(3)41)37(29)39)44-19-9-8-14-36(48-33-18-16-28(25(4)42)38(40)30(33)12-6-2)49-34-23-46-26(21-31(34)43)22-47-35-13-7-10-20-45-35/h15-18,21,23,35-36H,5-14,19-20,22,39-40H2,1-4H3. The summed E-state index contributed by atoms with van der Waals surface area (Å²) >= 11 is 0. The van der Waals surface area contributed by atoms with Gasteiger partial charge in [-0.2, -0.15) is 0 Å². The molecule has 1 aliphatic rings. The zero-order valence-corrected chi connectivity index (χ0v) is 29.1. The van der Waals surface area contributed by atoms with Gasteiger partial charge < -0.3 is 39.6 Å². The van der Waals surface area contributed by atoms with Crippen molar-refractivity contribution in [1.82, 2.24) is 0 Å². The molecule has 4 N–H and O–H groups in total. The Morgan fingerprint density at radius 3 is 2.10 bits per heavy atom. The molecule has 2 atom stereocenters. The quantitative estimate of drug-likeness (QED) is 0.0571. The van der Waals surface area contributed by atoms with Crippen LogP contribution < -0.4 is 31.1 Å². The normalized spacial score (nSPS) is 15.1. The number of benzene rings is 2. The Morgan fingerprint density at radius 2 is 1.51 bits per heavy atom. The first-order valence-electron chi connectivity index (χ1n) is 17.3. The van der Waals surface area contributed by atoms with Gasteiger partial charge in [-0.1, -0.05) is 26.7 Å². The van der Waals surface area contributed by atoms with Gasteiger partial charge in [0, 0.05) is 52.7 Å². The molecule has 4 rings (SSSR count). The number of ketones is 2. The number of Topliss-reactive ketones (excluding diaryl/α,β-unsaturated/α-hetero) is 2. The molecule has 0 saturated carbocycles. The van der Waals surface area contributed by atoms with E-state index in [9.17, 15) is 14.4 Å². The summed E-state index contributed by atoms with van der Waals surface area (Å²) < 4.78 is 35.7. The van der Waals surface area contributed by atoms with E-state index in [1.807, 2.05) is 13.8 Å². The molecule has 11 nitrogen and oxygen atoms in total. The summed E-state index contributed by atoms with van der Waals surface area (Å²) in [6, 6.07) is 8.22. The second kappa shape index (κ2) is 18.4. The number of carbonyl (C=O) groups excluding carboxylic acids is 2. The number of nitrogen functional groups attached to an aromatic ring is 2. The van der Waals surface area contributed by atoms with Gasteiger partial charge in [-0.3, -0.25) is 14.4 Å². The van der Waals surface area contributed by atoms with Crippen LogP contribution in [0, 0.1) is 0 Å². The van der Waals surface area contributed by atoms with Crippen LogP contribution in [0.15, 0.2) is 45.8 Å². The van der Waals surface area contributed by atoms with Crippen LogP contribution >= 0.6 is 0 Å². The van der Waals surface area contributed by atoms with Crippen LogP contribution in [0.1, 0.15) is 117 Å². The Hall–Kier alpha value is -4.35. The summed E-state index contributed by atoms with van der Waals surface area (Å²) in [7, 11) is 0. The molecule has 2 aromatic carbocycles. The van der Waals surface area contributed by atoms with E-state index in [1.54, 1.807) is 24.3 Å². The number of ether oxygens (including phenoxy) is 5. The number of anilines is 2. The van der Waals surface area contributed by atoms with Crippen molar-refractivity contribution in [2.75, 3.05) is 24.7 Å². The van der Waals surface area contributed by atoms with E-state index < -0.39 is 6.29 Å². The number of hydrogen-bond acceptors (Lipinski definition) is 11. The summed E-state index contributed by atoms with van der Waals surface area (Å²) in [6.07, 6.45) is 7.51. The predicted octanol–water partition coefficient (Wildman–Crippen LogP) is 7.19. The van der Waals surface area contributed by atoms with Crippen LogP contribution in [0.4, 0.5) is 11.4 Å². The van der Waals surface area contributed by atoms with Crippen LogP contribution in [0.3, 0.4) is 0 Å². The van der Waals surface area contributed by atoms with Crippen molar-refractivity contribution in [2.24, 2.45) is 0 Å². The first-order valence-corrected chi connectivity index (χ1v) is 17.3. The maximum absolute atomic E-state index is 13.1. The van der Waals surface area contributed by atoms with E-state index in [4.69, 9.17) is 39.6 Å². The Bertz CT molecular complexity index is 1630. The summed E-state index contributed by atoms with van der Waals surface area (Å²) in [4.78, 5) is 37.3. The Balaban J connectivity index is 1.47. The third kappa shape index (κ3) is 10.3. The number of carbonyl (C=O) groups is 2. The second-order valence-corrected chi connectivity index (χ2v) is 12.3. The molecule has 0 spiro atoms. The molecule has 2 heterocycles. The Labute approximate surface area is 288 Å². The summed E-state index contributed by atoms with van der Waals surface area (Å²) in [5.74, 6) is 1.28. The van der Waals surface area contributed by atoms with Crippen molar-refractivity contribution in [3.05, 3.63) is 74.8 Å². The molecular formula is C38H50N2O9. The number of rotatable bonds is 19. The van der Waals surface area contributed by atoms with Crippen LogP contribution in [0.5, 0.6) is 17.2 Å². The highest BCUT2D eigenvalue weighted by molar-refractivity contribution is 6.00. The molecule has 0 radical (unpaired) electrons. The molecule has 1 aromatic heterocycles. The molecule has 1 aliphatic heterocycles. The van der Waals surface area contributed by atoms with Gasteiger partial charge in [-0.15, -0.1) is 0 Å². The van der Waals surface area contributed by atoms with Gasteiger partial charge in [0.15, 0.2) is 17.9 Å². The van der Waals surface area contributed by atoms with Gasteiger partial charge >= 0.3 is 0 Å². The first-order chi connectivity index (χ1) is 23.6. The first kappa shape index (κ1) is 37.5. The highest BCUT2D eigenvalue weighted by Crippen LogP contribution is 2.32. The molecule has 266 valence electrons. The lowest BCUT2D eigenvalue weighted by Crippen LogP contribution is -2.27. The van der Waals surface area contributed by atoms with Crippen LogP contribution in [-0.4, -0.2) is 37.4 Å². The number of unbranched alkanes of at least 4 members (excludes halogenated alkanes) is 1. The molecule has 1 fully saturated rings. The highest BCUT2D eigenvalue weighted by atomic mass is 16.7. The highest BCUT2D eigenvalue weighted by Gasteiger charge is 2.21. The average molecular weight is 679 g/mol. The molecule has 0 aliphatic carbocycles. The maximum Gasteiger partial charge on any atom is 0.241 e. The van der Waals surface area contributed by atoms with Crippen molar-refractivity contribution >= 4 is 22.9 Å². The molecule has 2 unspecified atom stereocenters. The van der Waals surface area contributed by atoms with Gasteiger partial charge in [0.1, 0.15) is 30.1 Å². The lowest BCUT2D eigenvalue weighted by atomic mass is 10.00. The van der Waals surface area contributed by atoms with Crippen molar-refractivity contribution in [1.29, 1.82) is 0 Å². The van der Waals surface area contributed by atoms with Gasteiger partial charge in [0.2, 0.25) is 17.5 Å². The molecule has 1 saturated heterocycles. The van der Waals surface area contributed by atoms with E-state index in [1.165, 1.54) is 26.2 Å². The minimum Gasteiger partial charge on any atom is -0.493 e. The zero-order chi connectivity index (χ0) is 35.3. The third-order valence-corrected chi connectivity index (χ3v) is 8.40. The molecule has 0 amide bonds. The van der Waals surface area contributed by atoms with E-state index in [0.29, 0.717) is 90.6 Å². The molecule has 11 heteroatoms. The van der Waals surface area contributed by atoms with Crippen LogP contribution in [0.2, 0.25) is 0 Å². The predicted molar refractivity (Wildman–Crippen MR) is 187 cm³/mol. The molecule has 49 heavy (non-hydrogen) atoms. The summed E-state index contributed by atoms with van der Waals surface area (Å²) in [5.41, 5.74) is 15.7. The van der Waals surface area contributed by atoms with Crippen LogP contribution in [0.25, 0.3) is 0 Å². The number of hydrogen-bond donors (Lipinski definition) is 2. The fourth-order valence-corrected chi connectivity index (χ4v) is 5.80. The average Bonchev–Trinajstić information content (AvgIpc) is 3.07. The van der Waals surface area contributed by atoms with Gasteiger partial charge in [0.05, 0.1) is 6.61 Å². The molecular weight excluding hydrogens is 628 g/mol. The van der Waals surface area contributed by atoms with Crippen molar-refractivity contribution < 1.29 is 37.7 Å². The minimum atomic E-state index is -0.875. The van der Waals surface area contributed by atoms with Gasteiger partial charge in [0.25, 0.3) is 0 Å². The van der Waals surface area contributed by atoms with E-state index in [0.717, 1.165) is 37.7 Å². The summed E-state index contributed by atoms with van der Waals surface area (Å²) in [6.45, 7) is 8.19. The Morgan fingerprint density at radius 1 is 0.878 bits per heavy atom. The SMILES string of the molecule is CCCc1c(OCCCCC(Oc2ccc(C(C)=O)c(N)c2CCC)Oc2coc(COC3CCCCO3)cc2=O)ccc(C(C)=O)c1N. The van der Waals surface area contributed by atoms with Crippen molar-refractivity contribution in [3.8, 4) is 17.2 Å². The lowest BCUT2D eigenvalue weighted by molar-refractivity contribution is -0.171. The molecule has 0 bridgehead atoms. The minimum absolute atomic E-state index is 0.00507. The molecule has 3 aromatic rings. The van der Waals surface area contributed by atoms with Crippen molar-refractivity contribution in [2.45, 2.75) is 111 Å². The third-order valence-electron chi connectivity index (χ3n) is 8.40. The maximum atomic E-state index is 13.1.